The third-order valence-corrected chi connectivity index (χ3v) is 5.24. The van der Waals surface area contributed by atoms with Crippen LogP contribution in [0.4, 0.5) is 20.3 Å². The highest BCUT2D eigenvalue weighted by atomic mass is 19.1. The van der Waals surface area contributed by atoms with Crippen molar-refractivity contribution < 1.29 is 13.6 Å². The summed E-state index contributed by atoms with van der Waals surface area (Å²) in [6.07, 6.45) is 2.46. The Bertz CT molecular complexity index is 1280. The fraction of sp³-hybridized carbons (Fsp3) is 0.130. The molecule has 0 radical (unpaired) electrons. The summed E-state index contributed by atoms with van der Waals surface area (Å²) >= 11 is 0. The van der Waals surface area contributed by atoms with Crippen molar-refractivity contribution in [2.75, 3.05) is 17.2 Å². The van der Waals surface area contributed by atoms with E-state index < -0.39 is 0 Å². The lowest BCUT2D eigenvalue weighted by molar-refractivity contribution is 0.101. The van der Waals surface area contributed by atoms with Crippen LogP contribution in [0.15, 0.2) is 60.8 Å². The topological polar surface area (TPSA) is 59.0 Å². The summed E-state index contributed by atoms with van der Waals surface area (Å²) in [5.41, 5.74) is 3.41. The first-order valence-electron chi connectivity index (χ1n) is 9.64. The molecule has 150 valence electrons. The summed E-state index contributed by atoms with van der Waals surface area (Å²) in [5, 5.41) is 6.67. The number of anilines is 2. The minimum Gasteiger partial charge on any atom is -0.370 e. The lowest BCUT2D eigenvalue weighted by Gasteiger charge is -2.12. The van der Waals surface area contributed by atoms with Gasteiger partial charge in [-0.2, -0.15) is 0 Å². The summed E-state index contributed by atoms with van der Waals surface area (Å²) in [6.45, 7) is 1.11. The summed E-state index contributed by atoms with van der Waals surface area (Å²) in [6, 6.07) is 14.1. The van der Waals surface area contributed by atoms with Crippen molar-refractivity contribution in [1.82, 2.24) is 9.55 Å². The number of hydrogen-bond acceptors (Lipinski definition) is 3. The molecular formula is C23H18F2N4O. The molecule has 5 nitrogen and oxygen atoms in total. The normalized spacial score (nSPS) is 12.6. The quantitative estimate of drug-likeness (QED) is 0.523. The molecule has 0 bridgehead atoms. The van der Waals surface area contributed by atoms with Gasteiger partial charge in [0.05, 0.1) is 11.9 Å². The first-order chi connectivity index (χ1) is 14.6. The molecule has 2 N–H and O–H groups in total. The van der Waals surface area contributed by atoms with Gasteiger partial charge < -0.3 is 15.2 Å². The lowest BCUT2D eigenvalue weighted by Crippen LogP contribution is -2.17. The average molecular weight is 404 g/mol. The van der Waals surface area contributed by atoms with Crippen LogP contribution in [0.25, 0.3) is 10.9 Å². The van der Waals surface area contributed by atoms with Crippen LogP contribution in [0, 0.1) is 11.6 Å². The number of hydrogen-bond donors (Lipinski definition) is 2. The Labute approximate surface area is 171 Å². The van der Waals surface area contributed by atoms with Gasteiger partial charge in [0.15, 0.2) is 0 Å². The number of fused-ring (bicyclic) bond motifs is 2. The van der Waals surface area contributed by atoms with E-state index in [4.69, 9.17) is 0 Å². The molecule has 0 atom stereocenters. The number of aromatic nitrogens is 2. The maximum Gasteiger partial charge on any atom is 0.272 e. The van der Waals surface area contributed by atoms with Crippen molar-refractivity contribution in [1.29, 1.82) is 0 Å². The van der Waals surface area contributed by atoms with Crippen LogP contribution in [0.1, 0.15) is 21.6 Å². The van der Waals surface area contributed by atoms with Crippen molar-refractivity contribution in [2.24, 2.45) is 0 Å². The van der Waals surface area contributed by atoms with Gasteiger partial charge in [-0.15, -0.1) is 0 Å². The Morgan fingerprint density at radius 1 is 1.10 bits per heavy atom. The maximum atomic E-state index is 13.8. The number of benzene rings is 2. The molecule has 2 aromatic carbocycles. The standard InChI is InChI=1S/C23H18F2N4O/c24-17-3-1-2-14(8-17)13-29-20-5-4-18(25)9-16(20)11-21(29)23(30)28-19-10-15-6-7-26-22(15)27-12-19/h1-5,8-12H,6-7,13H2,(H,26,27)(H,28,30). The van der Waals surface area contributed by atoms with Gasteiger partial charge in [0.25, 0.3) is 5.91 Å². The zero-order valence-electron chi connectivity index (χ0n) is 16.0. The molecule has 5 rings (SSSR count). The van der Waals surface area contributed by atoms with E-state index in [9.17, 15) is 13.6 Å². The average Bonchev–Trinajstić information content (AvgIpc) is 3.32. The minimum absolute atomic E-state index is 0.280. The molecule has 1 aliphatic heterocycles. The molecule has 0 aliphatic carbocycles. The number of nitrogens with one attached hydrogen (secondary N) is 2. The molecule has 0 saturated carbocycles. The van der Waals surface area contributed by atoms with Gasteiger partial charge in [0.1, 0.15) is 23.1 Å². The van der Waals surface area contributed by atoms with E-state index in [1.165, 1.54) is 24.3 Å². The van der Waals surface area contributed by atoms with Crippen LogP contribution in [0.3, 0.4) is 0 Å². The monoisotopic (exact) mass is 404 g/mol. The minimum atomic E-state index is -0.382. The molecule has 1 aliphatic rings. The van der Waals surface area contributed by atoms with E-state index in [-0.39, 0.29) is 24.1 Å². The third kappa shape index (κ3) is 3.39. The number of pyridine rings is 1. The molecule has 0 spiro atoms. The van der Waals surface area contributed by atoms with E-state index in [2.05, 4.69) is 15.6 Å². The Balaban J connectivity index is 1.53. The molecule has 0 fully saturated rings. The molecular weight excluding hydrogens is 386 g/mol. The van der Waals surface area contributed by atoms with E-state index in [0.29, 0.717) is 27.8 Å². The Morgan fingerprint density at radius 2 is 1.97 bits per heavy atom. The predicted octanol–water partition coefficient (Wildman–Crippen LogP) is 4.58. The SMILES string of the molecule is O=C(Nc1cnc2c(c1)CCN2)c1cc2cc(F)ccc2n1Cc1cccc(F)c1. The second kappa shape index (κ2) is 7.26. The van der Waals surface area contributed by atoms with Gasteiger partial charge in [0.2, 0.25) is 0 Å². The number of rotatable bonds is 4. The van der Waals surface area contributed by atoms with Crippen LogP contribution >= 0.6 is 0 Å². The molecule has 3 heterocycles. The summed E-state index contributed by atoms with van der Waals surface area (Å²) in [4.78, 5) is 17.4. The Morgan fingerprint density at radius 3 is 2.83 bits per heavy atom. The zero-order chi connectivity index (χ0) is 20.7. The van der Waals surface area contributed by atoms with Crippen molar-refractivity contribution in [2.45, 2.75) is 13.0 Å². The van der Waals surface area contributed by atoms with Crippen molar-refractivity contribution in [3.63, 3.8) is 0 Å². The second-order valence-electron chi connectivity index (χ2n) is 7.31. The van der Waals surface area contributed by atoms with Gasteiger partial charge in [-0.3, -0.25) is 4.79 Å². The van der Waals surface area contributed by atoms with Crippen LogP contribution in [0.2, 0.25) is 0 Å². The molecule has 30 heavy (non-hydrogen) atoms. The van der Waals surface area contributed by atoms with Crippen molar-refractivity contribution in [3.05, 3.63) is 89.2 Å². The van der Waals surface area contributed by atoms with Crippen LogP contribution in [0.5, 0.6) is 0 Å². The van der Waals surface area contributed by atoms with Crippen LogP contribution in [-0.2, 0) is 13.0 Å². The Hall–Kier alpha value is -3.74. The zero-order valence-corrected chi connectivity index (χ0v) is 16.0. The van der Waals surface area contributed by atoms with Gasteiger partial charge in [0, 0.05) is 24.0 Å². The van der Waals surface area contributed by atoms with Crippen LogP contribution < -0.4 is 10.6 Å². The van der Waals surface area contributed by atoms with E-state index in [1.54, 1.807) is 35.0 Å². The molecule has 0 unspecified atom stereocenters. The molecule has 4 aromatic rings. The fourth-order valence-electron chi connectivity index (χ4n) is 3.86. The van der Waals surface area contributed by atoms with Crippen molar-refractivity contribution >= 4 is 28.3 Å². The number of carbonyl (C=O) groups is 1. The molecule has 2 aromatic heterocycles. The van der Waals surface area contributed by atoms with E-state index in [0.717, 1.165) is 24.3 Å². The predicted molar refractivity (Wildman–Crippen MR) is 112 cm³/mol. The largest absolute Gasteiger partial charge is 0.370 e. The van der Waals surface area contributed by atoms with Gasteiger partial charge >= 0.3 is 0 Å². The number of carbonyl (C=O) groups excluding carboxylic acids is 1. The van der Waals surface area contributed by atoms with E-state index in [1.807, 2.05) is 6.07 Å². The van der Waals surface area contributed by atoms with Crippen LogP contribution in [-0.4, -0.2) is 22.0 Å². The maximum absolute atomic E-state index is 13.8. The Kier molecular flexibility index (Phi) is 4.43. The van der Waals surface area contributed by atoms with E-state index >= 15 is 0 Å². The third-order valence-electron chi connectivity index (χ3n) is 5.24. The molecule has 0 saturated heterocycles. The highest BCUT2D eigenvalue weighted by Crippen LogP contribution is 2.25. The number of amides is 1. The van der Waals surface area contributed by atoms with Gasteiger partial charge in [-0.1, -0.05) is 12.1 Å². The first kappa shape index (κ1) is 18.3. The highest BCUT2D eigenvalue weighted by Gasteiger charge is 2.18. The smallest absolute Gasteiger partial charge is 0.272 e. The summed E-state index contributed by atoms with van der Waals surface area (Å²) in [7, 11) is 0. The number of nitrogens with zero attached hydrogens (tertiary/aromatic N) is 2. The summed E-state index contributed by atoms with van der Waals surface area (Å²) in [5.74, 6) is -0.231. The lowest BCUT2D eigenvalue weighted by atomic mass is 10.2. The second-order valence-corrected chi connectivity index (χ2v) is 7.31. The molecule has 1 amide bonds. The van der Waals surface area contributed by atoms with Gasteiger partial charge in [-0.05, 0) is 60.0 Å². The van der Waals surface area contributed by atoms with Crippen molar-refractivity contribution in [3.8, 4) is 0 Å². The fourth-order valence-corrected chi connectivity index (χ4v) is 3.86. The molecule has 7 heteroatoms. The van der Waals surface area contributed by atoms with Gasteiger partial charge in [-0.25, -0.2) is 13.8 Å². The first-order valence-corrected chi connectivity index (χ1v) is 9.64. The summed E-state index contributed by atoms with van der Waals surface area (Å²) < 4.78 is 29.2. The highest BCUT2D eigenvalue weighted by molar-refractivity contribution is 6.06. The number of halogens is 2.